The molecule has 0 spiro atoms. The highest BCUT2D eigenvalue weighted by Gasteiger charge is 2.36. The monoisotopic (exact) mass is 371 g/mol. The van der Waals surface area contributed by atoms with Gasteiger partial charge >= 0.3 is 6.18 Å². The highest BCUT2D eigenvalue weighted by molar-refractivity contribution is 7.98. The van der Waals surface area contributed by atoms with E-state index in [1.54, 1.807) is 16.7 Å². The lowest BCUT2D eigenvalue weighted by Gasteiger charge is -2.22. The number of nitrogens with zero attached hydrogens (tertiary/aromatic N) is 3. The summed E-state index contributed by atoms with van der Waals surface area (Å²) in [5.41, 5.74) is -0.196. The lowest BCUT2D eigenvalue weighted by Crippen LogP contribution is -2.32. The van der Waals surface area contributed by atoms with Crippen LogP contribution in [-0.2, 0) is 19.8 Å². The second-order valence-corrected chi connectivity index (χ2v) is 6.49. The minimum atomic E-state index is -4.57. The van der Waals surface area contributed by atoms with Crippen molar-refractivity contribution in [2.24, 2.45) is 7.05 Å². The Morgan fingerprint density at radius 2 is 1.92 bits per heavy atom. The van der Waals surface area contributed by atoms with Crippen LogP contribution in [-0.4, -0.2) is 33.4 Å². The van der Waals surface area contributed by atoms with Crippen LogP contribution < -0.4 is 0 Å². The first-order valence-corrected chi connectivity index (χ1v) is 9.02. The molecule has 0 unspecified atom stereocenters. The molecule has 4 nitrogen and oxygen atoms in total. The lowest BCUT2D eigenvalue weighted by molar-refractivity contribution is -0.141. The van der Waals surface area contributed by atoms with Crippen LogP contribution >= 0.6 is 11.8 Å². The van der Waals surface area contributed by atoms with E-state index in [1.165, 1.54) is 7.05 Å². The molecule has 0 N–H and O–H groups in total. The summed E-state index contributed by atoms with van der Waals surface area (Å²) in [6.07, 6.45) is -1.89. The van der Waals surface area contributed by atoms with Gasteiger partial charge in [0.2, 0.25) is 0 Å². The lowest BCUT2D eigenvalue weighted by atomic mass is 10.2. The number of hydrogen-bond donors (Lipinski definition) is 0. The molecule has 0 fully saturated rings. The van der Waals surface area contributed by atoms with Crippen LogP contribution in [0.3, 0.4) is 0 Å². The van der Waals surface area contributed by atoms with Crippen molar-refractivity contribution in [3.05, 3.63) is 47.3 Å². The largest absolute Gasteiger partial charge is 0.435 e. The quantitative estimate of drug-likeness (QED) is 0.714. The predicted molar refractivity (Wildman–Crippen MR) is 91.5 cm³/mol. The van der Waals surface area contributed by atoms with Crippen molar-refractivity contribution in [3.63, 3.8) is 0 Å². The highest BCUT2D eigenvalue weighted by Crippen LogP contribution is 2.28. The Morgan fingerprint density at radius 1 is 1.28 bits per heavy atom. The molecule has 0 saturated carbocycles. The highest BCUT2D eigenvalue weighted by atomic mass is 32.2. The van der Waals surface area contributed by atoms with Gasteiger partial charge in [0.25, 0.3) is 5.91 Å². The second kappa shape index (κ2) is 7.95. The molecular weight excluding hydrogens is 351 g/mol. The summed E-state index contributed by atoms with van der Waals surface area (Å²) in [5, 5.41) is 3.42. The number of carbonyl (C=O) groups is 1. The third-order valence-electron chi connectivity index (χ3n) is 3.70. The van der Waals surface area contributed by atoms with Gasteiger partial charge in [0.05, 0.1) is 0 Å². The van der Waals surface area contributed by atoms with Crippen LogP contribution in [0.15, 0.2) is 35.2 Å². The standard InChI is InChI=1S/C17H20F3N3OS/c1-4-9-23(11-12-5-7-13(25-3)8-6-12)16(24)14-10-15(17(18,19)20)21-22(14)2/h5-8,10H,4,9,11H2,1-3H3. The SMILES string of the molecule is CCCN(Cc1ccc(SC)cc1)C(=O)c1cc(C(F)(F)F)nn1C. The molecule has 2 aromatic rings. The van der Waals surface area contributed by atoms with Crippen molar-refractivity contribution in [2.75, 3.05) is 12.8 Å². The maximum atomic E-state index is 12.8. The third kappa shape index (κ3) is 4.78. The van der Waals surface area contributed by atoms with E-state index in [1.807, 2.05) is 37.4 Å². The fourth-order valence-corrected chi connectivity index (χ4v) is 2.85. The molecule has 0 aliphatic carbocycles. The summed E-state index contributed by atoms with van der Waals surface area (Å²) in [5.74, 6) is -0.457. The Labute approximate surface area is 149 Å². The summed E-state index contributed by atoms with van der Waals surface area (Å²) in [6.45, 7) is 2.71. The van der Waals surface area contributed by atoms with Gasteiger partial charge in [-0.2, -0.15) is 18.3 Å². The zero-order chi connectivity index (χ0) is 18.6. The maximum absolute atomic E-state index is 12.8. The predicted octanol–water partition coefficient (Wildman–Crippen LogP) is 4.21. The van der Waals surface area contributed by atoms with Crippen LogP contribution in [0.25, 0.3) is 0 Å². The topological polar surface area (TPSA) is 38.1 Å². The number of halogens is 3. The Bertz CT molecular complexity index is 726. The van der Waals surface area contributed by atoms with E-state index in [4.69, 9.17) is 0 Å². The molecule has 1 aromatic carbocycles. The molecule has 0 atom stereocenters. The number of benzene rings is 1. The summed E-state index contributed by atoms with van der Waals surface area (Å²) in [7, 11) is 1.35. The normalized spacial score (nSPS) is 11.6. The van der Waals surface area contributed by atoms with E-state index < -0.39 is 17.8 Å². The minimum absolute atomic E-state index is 0.0680. The zero-order valence-electron chi connectivity index (χ0n) is 14.3. The Kier molecular flexibility index (Phi) is 6.16. The molecule has 2 rings (SSSR count). The zero-order valence-corrected chi connectivity index (χ0v) is 15.1. The summed E-state index contributed by atoms with van der Waals surface area (Å²) in [6, 6.07) is 8.57. The van der Waals surface area contributed by atoms with Crippen molar-refractivity contribution < 1.29 is 18.0 Å². The van der Waals surface area contributed by atoms with Gasteiger partial charge in [-0.1, -0.05) is 19.1 Å². The van der Waals surface area contributed by atoms with Crippen molar-refractivity contribution in [2.45, 2.75) is 31.0 Å². The van der Waals surface area contributed by atoms with Crippen molar-refractivity contribution in [1.82, 2.24) is 14.7 Å². The summed E-state index contributed by atoms with van der Waals surface area (Å²) >= 11 is 1.62. The van der Waals surface area contributed by atoms with Gasteiger partial charge < -0.3 is 4.90 Å². The van der Waals surface area contributed by atoms with Gasteiger partial charge in [-0.05, 0) is 30.4 Å². The van der Waals surface area contributed by atoms with Gasteiger partial charge in [0.15, 0.2) is 5.69 Å². The second-order valence-electron chi connectivity index (χ2n) is 5.61. The number of aromatic nitrogens is 2. The molecular formula is C17H20F3N3OS. The summed E-state index contributed by atoms with van der Waals surface area (Å²) < 4.78 is 39.4. The molecule has 0 saturated heterocycles. The molecule has 1 aromatic heterocycles. The van der Waals surface area contributed by atoms with Gasteiger partial charge in [0, 0.05) is 31.1 Å². The van der Waals surface area contributed by atoms with E-state index in [0.29, 0.717) is 19.5 Å². The van der Waals surface area contributed by atoms with Crippen molar-refractivity contribution >= 4 is 17.7 Å². The fourth-order valence-electron chi connectivity index (χ4n) is 2.44. The van der Waals surface area contributed by atoms with Crippen LogP contribution in [0.4, 0.5) is 13.2 Å². The first kappa shape index (κ1) is 19.4. The Morgan fingerprint density at radius 3 is 2.40 bits per heavy atom. The first-order chi connectivity index (χ1) is 11.8. The van der Waals surface area contributed by atoms with E-state index in [-0.39, 0.29) is 5.69 Å². The van der Waals surface area contributed by atoms with Crippen LogP contribution in [0.5, 0.6) is 0 Å². The van der Waals surface area contributed by atoms with Crippen LogP contribution in [0, 0.1) is 0 Å². The molecule has 136 valence electrons. The fraction of sp³-hybridized carbons (Fsp3) is 0.412. The molecule has 0 aliphatic heterocycles. The minimum Gasteiger partial charge on any atom is -0.333 e. The number of aryl methyl sites for hydroxylation is 1. The Hall–Kier alpha value is -1.96. The number of amides is 1. The van der Waals surface area contributed by atoms with Gasteiger partial charge in [-0.15, -0.1) is 11.8 Å². The number of rotatable bonds is 6. The molecule has 1 heterocycles. The van der Waals surface area contributed by atoms with Gasteiger partial charge in [0.1, 0.15) is 5.69 Å². The number of thioether (sulfide) groups is 1. The van der Waals surface area contributed by atoms with Crippen molar-refractivity contribution in [1.29, 1.82) is 0 Å². The molecule has 0 radical (unpaired) electrons. The number of carbonyl (C=O) groups excluding carboxylic acids is 1. The smallest absolute Gasteiger partial charge is 0.333 e. The van der Waals surface area contributed by atoms with Crippen LogP contribution in [0.1, 0.15) is 35.1 Å². The van der Waals surface area contributed by atoms with Gasteiger partial charge in [-0.25, -0.2) is 0 Å². The number of hydrogen-bond acceptors (Lipinski definition) is 3. The number of alkyl halides is 3. The van der Waals surface area contributed by atoms with Crippen LogP contribution in [0.2, 0.25) is 0 Å². The van der Waals surface area contributed by atoms with E-state index in [9.17, 15) is 18.0 Å². The van der Waals surface area contributed by atoms with Crippen molar-refractivity contribution in [3.8, 4) is 0 Å². The molecule has 25 heavy (non-hydrogen) atoms. The van der Waals surface area contributed by atoms with Gasteiger partial charge in [-0.3, -0.25) is 9.48 Å². The van der Waals surface area contributed by atoms with E-state index >= 15 is 0 Å². The Balaban J connectivity index is 2.24. The first-order valence-electron chi connectivity index (χ1n) is 7.79. The molecule has 8 heteroatoms. The summed E-state index contributed by atoms with van der Waals surface area (Å²) in [4.78, 5) is 15.4. The molecule has 0 aliphatic rings. The average molecular weight is 371 g/mol. The molecule has 0 bridgehead atoms. The van der Waals surface area contributed by atoms with E-state index in [0.717, 1.165) is 21.2 Å². The van der Waals surface area contributed by atoms with E-state index in [2.05, 4.69) is 5.10 Å². The molecule has 1 amide bonds. The maximum Gasteiger partial charge on any atom is 0.435 e. The average Bonchev–Trinajstić information content (AvgIpc) is 2.96. The third-order valence-corrected chi connectivity index (χ3v) is 4.45.